The van der Waals surface area contributed by atoms with Crippen LogP contribution in [0.5, 0.6) is 0 Å². The molecule has 2 heterocycles. The number of nitrogens with zero attached hydrogens (tertiary/aromatic N) is 3. The molecule has 0 spiro atoms. The summed E-state index contributed by atoms with van der Waals surface area (Å²) < 4.78 is 5.07. The molecule has 2 N–H and O–H groups in total. The van der Waals surface area contributed by atoms with Gasteiger partial charge in [-0.05, 0) is 6.07 Å². The summed E-state index contributed by atoms with van der Waals surface area (Å²) in [7, 11) is 0. The van der Waals surface area contributed by atoms with E-state index in [1.165, 1.54) is 12.3 Å². The van der Waals surface area contributed by atoms with E-state index in [1.54, 1.807) is 6.07 Å². The van der Waals surface area contributed by atoms with Crippen LogP contribution in [0.4, 0.5) is 11.5 Å². The zero-order valence-electron chi connectivity index (χ0n) is 10.00. The highest BCUT2D eigenvalue weighted by Gasteiger charge is 2.33. The summed E-state index contributed by atoms with van der Waals surface area (Å²) in [5.41, 5.74) is -1.51. The van der Waals surface area contributed by atoms with Crippen LogP contribution < -0.4 is 5.32 Å². The van der Waals surface area contributed by atoms with Gasteiger partial charge in [0.25, 0.3) is 0 Å². The van der Waals surface area contributed by atoms with Gasteiger partial charge in [-0.15, -0.1) is 0 Å². The highest BCUT2D eigenvalue weighted by Crippen LogP contribution is 2.27. The van der Waals surface area contributed by atoms with Crippen LogP contribution in [0.2, 0.25) is 0 Å². The summed E-state index contributed by atoms with van der Waals surface area (Å²) in [6, 6.07) is 3.02. The molecule has 1 aliphatic heterocycles. The van der Waals surface area contributed by atoms with Crippen LogP contribution in [0.25, 0.3) is 0 Å². The number of anilines is 1. The Labute approximate surface area is 108 Å². The van der Waals surface area contributed by atoms with Crippen molar-refractivity contribution in [3.8, 4) is 6.07 Å². The Balaban J connectivity index is 2.21. The summed E-state index contributed by atoms with van der Waals surface area (Å²) in [6.45, 7) is 0.702. The van der Waals surface area contributed by atoms with E-state index >= 15 is 0 Å². The van der Waals surface area contributed by atoms with E-state index in [0.29, 0.717) is 13.0 Å². The molecule has 1 saturated heterocycles. The van der Waals surface area contributed by atoms with E-state index in [-0.39, 0.29) is 30.2 Å². The summed E-state index contributed by atoms with van der Waals surface area (Å²) >= 11 is 0. The Morgan fingerprint density at radius 1 is 1.74 bits per heavy atom. The Bertz CT molecular complexity index is 534. The van der Waals surface area contributed by atoms with Crippen LogP contribution in [0, 0.1) is 21.4 Å². The topological polar surface area (TPSA) is 121 Å². The van der Waals surface area contributed by atoms with Crippen molar-refractivity contribution in [3.05, 3.63) is 27.9 Å². The number of hydrogen-bond donors (Lipinski definition) is 2. The molecule has 0 aliphatic carbocycles. The van der Waals surface area contributed by atoms with E-state index in [2.05, 4.69) is 10.3 Å². The Morgan fingerprint density at radius 3 is 3.11 bits per heavy atom. The average Bonchev–Trinajstić information content (AvgIpc) is 2.83. The van der Waals surface area contributed by atoms with E-state index in [0.717, 1.165) is 0 Å². The van der Waals surface area contributed by atoms with Crippen molar-refractivity contribution in [2.75, 3.05) is 25.1 Å². The smallest absolute Gasteiger partial charge is 0.328 e. The minimum absolute atomic E-state index is 0.0237. The van der Waals surface area contributed by atoms with Gasteiger partial charge in [-0.1, -0.05) is 0 Å². The molecule has 1 aromatic rings. The lowest BCUT2D eigenvalue weighted by Crippen LogP contribution is -2.37. The molecular formula is C11H12N4O4. The fourth-order valence-electron chi connectivity index (χ4n) is 1.84. The van der Waals surface area contributed by atoms with Gasteiger partial charge in [-0.3, -0.25) is 10.1 Å². The molecule has 0 aromatic carbocycles. The molecule has 8 heteroatoms. The summed E-state index contributed by atoms with van der Waals surface area (Å²) in [5.74, 6) is -0.0237. The highest BCUT2D eigenvalue weighted by atomic mass is 16.6. The van der Waals surface area contributed by atoms with Crippen molar-refractivity contribution >= 4 is 11.5 Å². The molecule has 1 atom stereocenters. The first-order chi connectivity index (χ1) is 9.06. The van der Waals surface area contributed by atoms with E-state index in [4.69, 9.17) is 10.00 Å². The SMILES string of the molecule is N#Cc1ccnc(NCC2(O)CCOC2)c1[N+](=O)[O-]. The lowest BCUT2D eigenvalue weighted by atomic mass is 10.0. The molecule has 8 nitrogen and oxygen atoms in total. The number of nitriles is 1. The minimum Gasteiger partial charge on any atom is -0.386 e. The van der Waals surface area contributed by atoms with Crippen LogP contribution in [-0.4, -0.2) is 40.4 Å². The van der Waals surface area contributed by atoms with Gasteiger partial charge in [0.15, 0.2) is 0 Å². The summed E-state index contributed by atoms with van der Waals surface area (Å²) in [5, 5.41) is 32.6. The quantitative estimate of drug-likeness (QED) is 0.597. The maximum Gasteiger partial charge on any atom is 0.328 e. The Kier molecular flexibility index (Phi) is 3.59. The van der Waals surface area contributed by atoms with Crippen molar-refractivity contribution < 1.29 is 14.8 Å². The standard InChI is InChI=1S/C11H12N4O4/c12-5-8-1-3-13-10(9(8)15(17)18)14-6-11(16)2-4-19-7-11/h1,3,16H,2,4,6-7H2,(H,13,14). The summed E-state index contributed by atoms with van der Waals surface area (Å²) in [6.07, 6.45) is 1.76. The number of pyridine rings is 1. The molecule has 0 saturated carbocycles. The maximum atomic E-state index is 11.0. The number of rotatable bonds is 4. The van der Waals surface area contributed by atoms with Gasteiger partial charge < -0.3 is 15.2 Å². The molecule has 19 heavy (non-hydrogen) atoms. The molecule has 0 amide bonds. The number of nitrogens with one attached hydrogen (secondary N) is 1. The summed E-state index contributed by atoms with van der Waals surface area (Å²) in [4.78, 5) is 14.1. The molecule has 0 bridgehead atoms. The third-order valence-electron chi connectivity index (χ3n) is 2.89. The molecular weight excluding hydrogens is 252 g/mol. The molecule has 1 aromatic heterocycles. The lowest BCUT2D eigenvalue weighted by molar-refractivity contribution is -0.384. The number of ether oxygens (including phenoxy) is 1. The van der Waals surface area contributed by atoms with Crippen LogP contribution in [0.15, 0.2) is 12.3 Å². The molecule has 1 aliphatic rings. The molecule has 2 rings (SSSR count). The molecule has 0 radical (unpaired) electrons. The van der Waals surface area contributed by atoms with Crippen LogP contribution in [0.1, 0.15) is 12.0 Å². The number of nitro groups is 1. The van der Waals surface area contributed by atoms with Crippen LogP contribution in [-0.2, 0) is 4.74 Å². The third-order valence-corrected chi connectivity index (χ3v) is 2.89. The van der Waals surface area contributed by atoms with Crippen molar-refractivity contribution in [2.24, 2.45) is 0 Å². The fourth-order valence-corrected chi connectivity index (χ4v) is 1.84. The van der Waals surface area contributed by atoms with Gasteiger partial charge in [0.05, 0.1) is 11.5 Å². The first-order valence-electron chi connectivity index (χ1n) is 5.63. The van der Waals surface area contributed by atoms with Crippen molar-refractivity contribution in [1.29, 1.82) is 5.26 Å². The number of aromatic nitrogens is 1. The first kappa shape index (κ1) is 13.2. The predicted octanol–water partition coefficient (Wildman–Crippen LogP) is 0.425. The zero-order chi connectivity index (χ0) is 13.9. The van der Waals surface area contributed by atoms with E-state index < -0.39 is 10.5 Å². The zero-order valence-corrected chi connectivity index (χ0v) is 10.00. The Morgan fingerprint density at radius 2 is 2.53 bits per heavy atom. The number of hydrogen-bond acceptors (Lipinski definition) is 7. The fraction of sp³-hybridized carbons (Fsp3) is 0.455. The highest BCUT2D eigenvalue weighted by molar-refractivity contribution is 5.64. The normalized spacial score (nSPS) is 21.9. The lowest BCUT2D eigenvalue weighted by Gasteiger charge is -2.20. The average molecular weight is 264 g/mol. The van der Waals surface area contributed by atoms with Crippen LogP contribution in [0.3, 0.4) is 0 Å². The van der Waals surface area contributed by atoms with Gasteiger partial charge in [0, 0.05) is 25.8 Å². The second-order valence-electron chi connectivity index (χ2n) is 4.31. The van der Waals surface area contributed by atoms with Gasteiger partial charge in [-0.2, -0.15) is 5.26 Å². The second kappa shape index (κ2) is 5.17. The molecule has 100 valence electrons. The Hall–Kier alpha value is -2.24. The largest absolute Gasteiger partial charge is 0.386 e. The third kappa shape index (κ3) is 2.78. The monoisotopic (exact) mass is 264 g/mol. The van der Waals surface area contributed by atoms with Gasteiger partial charge in [0.1, 0.15) is 17.2 Å². The number of aliphatic hydroxyl groups is 1. The van der Waals surface area contributed by atoms with E-state index in [9.17, 15) is 15.2 Å². The van der Waals surface area contributed by atoms with Crippen molar-refractivity contribution in [3.63, 3.8) is 0 Å². The van der Waals surface area contributed by atoms with Crippen molar-refractivity contribution in [1.82, 2.24) is 4.98 Å². The van der Waals surface area contributed by atoms with Gasteiger partial charge >= 0.3 is 5.69 Å². The molecule has 1 fully saturated rings. The van der Waals surface area contributed by atoms with Gasteiger partial charge in [-0.25, -0.2) is 4.98 Å². The van der Waals surface area contributed by atoms with E-state index in [1.807, 2.05) is 0 Å². The predicted molar refractivity (Wildman–Crippen MR) is 64.5 cm³/mol. The van der Waals surface area contributed by atoms with Gasteiger partial charge in [0.2, 0.25) is 5.82 Å². The maximum absolute atomic E-state index is 11.0. The molecule has 1 unspecified atom stereocenters. The second-order valence-corrected chi connectivity index (χ2v) is 4.31. The first-order valence-corrected chi connectivity index (χ1v) is 5.63. The van der Waals surface area contributed by atoms with Crippen LogP contribution >= 0.6 is 0 Å². The van der Waals surface area contributed by atoms with Crippen molar-refractivity contribution in [2.45, 2.75) is 12.0 Å². The minimum atomic E-state index is -1.06.